The Morgan fingerprint density at radius 1 is 1.30 bits per heavy atom. The Bertz CT molecular complexity index is 685. The summed E-state index contributed by atoms with van der Waals surface area (Å²) in [6, 6.07) is 5.13. The van der Waals surface area contributed by atoms with Crippen LogP contribution in [-0.4, -0.2) is 32.7 Å². The molecular weight excluding hydrogens is 318 g/mol. The maximum Gasteiger partial charge on any atom is 0.407 e. The lowest BCUT2D eigenvalue weighted by Crippen LogP contribution is -2.38. The summed E-state index contributed by atoms with van der Waals surface area (Å²) in [6.45, 7) is 6.68. The van der Waals surface area contributed by atoms with Crippen molar-refractivity contribution in [2.75, 3.05) is 6.58 Å². The molecule has 0 radical (unpaired) electrons. The van der Waals surface area contributed by atoms with Gasteiger partial charge < -0.3 is 10.1 Å². The van der Waals surface area contributed by atoms with Crippen molar-refractivity contribution in [3.63, 3.8) is 0 Å². The number of rotatable bonds is 6. The summed E-state index contributed by atoms with van der Waals surface area (Å²) >= 11 is 0. The molecule has 7 heteroatoms. The molecule has 0 bridgehead atoms. The van der Waals surface area contributed by atoms with E-state index in [1.54, 1.807) is 32.9 Å². The molecule has 0 spiro atoms. The van der Waals surface area contributed by atoms with E-state index in [1.807, 2.05) is 6.92 Å². The monoisotopic (exact) mass is 345 g/mol. The zero-order valence-corrected chi connectivity index (χ0v) is 14.8. The maximum absolute atomic E-state index is 12.2. The molecule has 23 heavy (non-hydrogen) atoms. The quantitative estimate of drug-likeness (QED) is 0.802. The number of aryl methyl sites for hydroxylation is 1. The summed E-state index contributed by atoms with van der Waals surface area (Å²) in [5.41, 5.74) is 0.183. The zero-order valence-electron chi connectivity index (χ0n) is 16.0. The third kappa shape index (κ3) is 7.47. The first-order chi connectivity index (χ1) is 11.3. The molecule has 6 nitrogen and oxygen atoms in total. The van der Waals surface area contributed by atoms with Gasteiger partial charge in [0.15, 0.2) is 0 Å². The molecule has 1 aromatic rings. The minimum Gasteiger partial charge on any atom is -0.444 e. The minimum absolute atomic E-state index is 0.0877. The van der Waals surface area contributed by atoms with E-state index in [1.165, 1.54) is 19.1 Å². The highest BCUT2D eigenvalue weighted by Crippen LogP contribution is 2.14. The molecule has 0 aliphatic rings. The maximum atomic E-state index is 12.2. The summed E-state index contributed by atoms with van der Waals surface area (Å²) in [4.78, 5) is 11.6. The van der Waals surface area contributed by atoms with Crippen molar-refractivity contribution in [3.05, 3.63) is 29.8 Å². The molecule has 1 amide bonds. The first kappa shape index (κ1) is 16.3. The Balaban J connectivity index is 2.70. The second-order valence-corrected chi connectivity index (χ2v) is 7.70. The highest BCUT2D eigenvalue weighted by molar-refractivity contribution is 7.86. The van der Waals surface area contributed by atoms with Gasteiger partial charge in [0, 0.05) is 7.41 Å². The molecule has 0 aromatic heterocycles. The molecular formula is C16H25NO5S. The van der Waals surface area contributed by atoms with Gasteiger partial charge in [-0.25, -0.2) is 4.79 Å². The normalized spacial score (nSPS) is 17.4. The lowest BCUT2D eigenvalue weighted by atomic mass is 10.2. The Kier molecular flexibility index (Phi) is 5.51. The van der Waals surface area contributed by atoms with Crippen molar-refractivity contribution < 1.29 is 24.9 Å². The third-order valence-corrected chi connectivity index (χ3v) is 3.82. The number of benzene rings is 1. The van der Waals surface area contributed by atoms with Crippen LogP contribution in [0.4, 0.5) is 4.79 Å². The molecule has 1 N–H and O–H groups in total. The van der Waals surface area contributed by atoms with Crippen LogP contribution in [0.15, 0.2) is 29.2 Å². The van der Waals surface area contributed by atoms with E-state index in [-0.39, 0.29) is 4.90 Å². The van der Waals surface area contributed by atoms with E-state index in [0.717, 1.165) is 5.56 Å². The van der Waals surface area contributed by atoms with Crippen molar-refractivity contribution in [1.82, 2.24) is 5.32 Å². The van der Waals surface area contributed by atoms with Crippen LogP contribution < -0.4 is 5.32 Å². The predicted octanol–water partition coefficient (Wildman–Crippen LogP) is 3.00. The number of hydrogen-bond donors (Lipinski definition) is 1. The molecule has 0 saturated heterocycles. The van der Waals surface area contributed by atoms with Gasteiger partial charge >= 0.3 is 6.09 Å². The predicted molar refractivity (Wildman–Crippen MR) is 87.8 cm³/mol. The van der Waals surface area contributed by atoms with Crippen LogP contribution in [0.3, 0.4) is 0 Å². The van der Waals surface area contributed by atoms with Crippen molar-refractivity contribution in [2.45, 2.75) is 57.6 Å². The lowest BCUT2D eigenvalue weighted by Gasteiger charge is -2.21. The highest BCUT2D eigenvalue weighted by atomic mass is 32.2. The second-order valence-electron chi connectivity index (χ2n) is 6.13. The van der Waals surface area contributed by atoms with Crippen molar-refractivity contribution in [3.8, 4) is 0 Å². The van der Waals surface area contributed by atoms with E-state index in [2.05, 4.69) is 5.32 Å². The molecule has 1 rings (SSSR count). The fraction of sp³-hybridized carbons (Fsp3) is 0.562. The van der Waals surface area contributed by atoms with Gasteiger partial charge in [0.2, 0.25) is 0 Å². The van der Waals surface area contributed by atoms with Crippen molar-refractivity contribution in [1.29, 1.82) is 0 Å². The molecule has 0 aliphatic carbocycles. The largest absolute Gasteiger partial charge is 0.444 e. The number of carbonyl (C=O) groups excluding carboxylic acids is 1. The standard InChI is InChI=1S/C16H25NO5S/c1-12-6-8-14(9-7-12)23(19,20)21-11-10-13(2)17-15(18)22-16(3,4)5/h6-9,13H,10-11H2,1-5H3,(H,17,18)/t13-/m1/s1/i10D,11D/t10-,11-,13+/m0. The van der Waals surface area contributed by atoms with E-state index < -0.39 is 40.8 Å². The van der Waals surface area contributed by atoms with Gasteiger partial charge in [-0.2, -0.15) is 8.42 Å². The minimum atomic E-state index is -4.16. The number of hydrogen-bond acceptors (Lipinski definition) is 5. The van der Waals surface area contributed by atoms with Gasteiger partial charge in [-0.1, -0.05) is 17.7 Å². The fourth-order valence-electron chi connectivity index (χ4n) is 1.53. The Morgan fingerprint density at radius 2 is 1.87 bits per heavy atom. The Hall–Kier alpha value is -1.60. The van der Waals surface area contributed by atoms with Crippen LogP contribution in [0.1, 0.15) is 42.4 Å². The van der Waals surface area contributed by atoms with E-state index in [0.29, 0.717) is 0 Å². The SMILES string of the molecule is [2H][C@@H]([C@H]([2H])OS(=O)(=O)c1ccc(C)cc1)[C@@H](C)NC(=O)OC(C)(C)C. The van der Waals surface area contributed by atoms with Crippen molar-refractivity contribution >= 4 is 16.2 Å². The van der Waals surface area contributed by atoms with Gasteiger partial charge in [0.1, 0.15) is 5.60 Å². The van der Waals surface area contributed by atoms with Crippen LogP contribution in [0, 0.1) is 6.92 Å². The van der Waals surface area contributed by atoms with Crippen LogP contribution in [0.5, 0.6) is 0 Å². The van der Waals surface area contributed by atoms with E-state index in [9.17, 15) is 13.2 Å². The molecule has 0 unspecified atom stereocenters. The topological polar surface area (TPSA) is 81.7 Å². The molecule has 130 valence electrons. The average Bonchev–Trinajstić information content (AvgIpc) is 2.44. The van der Waals surface area contributed by atoms with Gasteiger partial charge in [-0.3, -0.25) is 4.18 Å². The first-order valence-electron chi connectivity index (χ1n) is 8.31. The van der Waals surface area contributed by atoms with Gasteiger partial charge in [0.05, 0.1) is 12.8 Å². The van der Waals surface area contributed by atoms with Crippen LogP contribution in [0.2, 0.25) is 0 Å². The smallest absolute Gasteiger partial charge is 0.407 e. The Labute approximate surface area is 141 Å². The second kappa shape index (κ2) is 7.79. The lowest BCUT2D eigenvalue weighted by molar-refractivity contribution is 0.0503. The number of amides is 1. The molecule has 0 saturated carbocycles. The van der Waals surface area contributed by atoms with Crippen LogP contribution in [0.25, 0.3) is 0 Å². The van der Waals surface area contributed by atoms with Crippen LogP contribution >= 0.6 is 0 Å². The number of carbonyl (C=O) groups is 1. The molecule has 0 aliphatic heterocycles. The van der Waals surface area contributed by atoms with E-state index >= 15 is 0 Å². The molecule has 1 aromatic carbocycles. The van der Waals surface area contributed by atoms with Gasteiger partial charge in [-0.05, 0) is 53.1 Å². The van der Waals surface area contributed by atoms with Crippen LogP contribution in [-0.2, 0) is 19.0 Å². The first-order valence-corrected chi connectivity index (χ1v) is 8.56. The summed E-state index contributed by atoms with van der Waals surface area (Å²) < 4.78 is 49.9. The summed E-state index contributed by atoms with van der Waals surface area (Å²) in [7, 11) is -4.16. The molecule has 0 heterocycles. The Morgan fingerprint density at radius 3 is 2.39 bits per heavy atom. The number of alkyl carbamates (subject to hydrolysis) is 1. The number of ether oxygens (including phenoxy) is 1. The fourth-order valence-corrected chi connectivity index (χ4v) is 2.32. The summed E-state index contributed by atoms with van der Waals surface area (Å²) in [6.07, 6.45) is -2.07. The highest BCUT2D eigenvalue weighted by Gasteiger charge is 2.19. The van der Waals surface area contributed by atoms with Gasteiger partial charge in [0.25, 0.3) is 10.1 Å². The molecule has 0 fully saturated rings. The van der Waals surface area contributed by atoms with E-state index in [4.69, 9.17) is 11.7 Å². The van der Waals surface area contributed by atoms with Gasteiger partial charge in [-0.15, -0.1) is 0 Å². The third-order valence-electron chi connectivity index (χ3n) is 2.60. The summed E-state index contributed by atoms with van der Waals surface area (Å²) in [5.74, 6) is 0. The molecule has 3 atom stereocenters. The average molecular weight is 345 g/mol. The van der Waals surface area contributed by atoms with Crippen molar-refractivity contribution in [2.24, 2.45) is 0 Å². The summed E-state index contributed by atoms with van der Waals surface area (Å²) in [5, 5.41) is 2.41. The number of nitrogens with one attached hydrogen (secondary N) is 1. The zero-order chi connectivity index (χ0) is 19.4.